The molecule has 7 N–H and O–H groups in total. The van der Waals surface area contributed by atoms with Crippen LogP contribution in [0.4, 0.5) is 49.4 Å². The van der Waals surface area contributed by atoms with Crippen molar-refractivity contribution in [1.29, 1.82) is 0 Å². The van der Waals surface area contributed by atoms with Crippen LogP contribution in [0.25, 0.3) is 0 Å². The second kappa shape index (κ2) is 15.6. The van der Waals surface area contributed by atoms with Crippen LogP contribution in [0.15, 0.2) is 120 Å². The Labute approximate surface area is 272 Å². The Morgan fingerprint density at radius 1 is 0.630 bits per heavy atom. The first-order chi connectivity index (χ1) is 22.1. The van der Waals surface area contributed by atoms with Crippen LogP contribution in [-0.4, -0.2) is 27.2 Å². The number of phenols is 2. The van der Waals surface area contributed by atoms with E-state index in [0.717, 1.165) is 21.8 Å². The number of carbonyl (C=O) groups is 2. The first-order valence-electron chi connectivity index (χ1n) is 13.7. The van der Waals surface area contributed by atoms with Gasteiger partial charge in [0.25, 0.3) is 5.69 Å². The Bertz CT molecular complexity index is 1850. The van der Waals surface area contributed by atoms with E-state index in [0.29, 0.717) is 22.7 Å². The van der Waals surface area contributed by atoms with Crippen LogP contribution in [0.1, 0.15) is 5.56 Å². The van der Waals surface area contributed by atoms with Gasteiger partial charge < -0.3 is 36.8 Å². The standard InChI is InChI=1S/C19H16N4O4.C14H13BrN2O2/c24-18-12-14(23(26)27)10-11-17(18)22-19(25)21-16-9-5-4-8-15(16)20-13-6-2-1-3-7-13;1-9-6-7-12(13(18)8-9)17-14(19)16-11-5-3-2-4-10(11)15/h1-12,20,24H,(H2,21,22,25);2-8,18H,1H3,(H2,16,17,19). The number of nitro groups is 1. The van der Waals surface area contributed by atoms with Crippen LogP contribution in [0.5, 0.6) is 11.5 Å². The van der Waals surface area contributed by atoms with Crippen LogP contribution in [0.3, 0.4) is 0 Å². The summed E-state index contributed by atoms with van der Waals surface area (Å²) < 4.78 is 0.790. The zero-order valence-electron chi connectivity index (χ0n) is 24.3. The highest BCUT2D eigenvalue weighted by Crippen LogP contribution is 2.29. The number of carbonyl (C=O) groups excluding carboxylic acids is 2. The summed E-state index contributed by atoms with van der Waals surface area (Å²) in [5.41, 5.74) is 3.82. The van der Waals surface area contributed by atoms with Gasteiger partial charge in [0.2, 0.25) is 0 Å². The van der Waals surface area contributed by atoms with Crippen LogP contribution >= 0.6 is 15.9 Å². The molecule has 0 fully saturated rings. The van der Waals surface area contributed by atoms with E-state index in [9.17, 15) is 29.9 Å². The van der Waals surface area contributed by atoms with Gasteiger partial charge in [0.05, 0.1) is 39.4 Å². The quantitative estimate of drug-likeness (QED) is 0.0508. The van der Waals surface area contributed by atoms with E-state index in [4.69, 9.17) is 0 Å². The molecule has 234 valence electrons. The Balaban J connectivity index is 0.000000222. The lowest BCUT2D eigenvalue weighted by molar-refractivity contribution is -0.384. The number of hydrogen-bond donors (Lipinski definition) is 7. The topological polar surface area (TPSA) is 178 Å². The van der Waals surface area contributed by atoms with Gasteiger partial charge in [-0.1, -0.05) is 48.5 Å². The minimum absolute atomic E-state index is 0.0438. The van der Waals surface area contributed by atoms with Gasteiger partial charge in [-0.3, -0.25) is 10.1 Å². The van der Waals surface area contributed by atoms with E-state index in [1.165, 1.54) is 12.1 Å². The molecule has 5 rings (SSSR count). The molecule has 0 bridgehead atoms. The normalized spacial score (nSPS) is 10.0. The summed E-state index contributed by atoms with van der Waals surface area (Å²) in [6, 6.07) is 31.4. The average molecular weight is 686 g/mol. The number of aryl methyl sites for hydroxylation is 1. The summed E-state index contributed by atoms with van der Waals surface area (Å²) >= 11 is 3.34. The third-order valence-electron chi connectivity index (χ3n) is 6.19. The van der Waals surface area contributed by atoms with E-state index in [-0.39, 0.29) is 17.1 Å². The molecule has 5 aromatic rings. The van der Waals surface area contributed by atoms with Crippen molar-refractivity contribution in [2.24, 2.45) is 0 Å². The Hall–Kier alpha value is -6.08. The molecule has 5 aromatic carbocycles. The third-order valence-corrected chi connectivity index (χ3v) is 6.88. The van der Waals surface area contributed by atoms with Crippen molar-refractivity contribution in [1.82, 2.24) is 0 Å². The lowest BCUT2D eigenvalue weighted by Gasteiger charge is -2.14. The SMILES string of the molecule is Cc1ccc(NC(=O)Nc2ccccc2Br)c(O)c1.O=C(Nc1ccc([N+](=O)[O-])cc1O)Nc1ccccc1Nc1ccccc1. The highest BCUT2D eigenvalue weighted by molar-refractivity contribution is 9.10. The second-order valence-corrected chi connectivity index (χ2v) is 10.5. The first-order valence-corrected chi connectivity index (χ1v) is 14.5. The number of halogens is 1. The lowest BCUT2D eigenvalue weighted by atomic mass is 10.2. The second-order valence-electron chi connectivity index (χ2n) is 9.65. The minimum Gasteiger partial charge on any atom is -0.506 e. The maximum Gasteiger partial charge on any atom is 0.323 e. The fourth-order valence-corrected chi connectivity index (χ4v) is 4.36. The number of benzene rings is 5. The van der Waals surface area contributed by atoms with Crippen molar-refractivity contribution in [2.75, 3.05) is 26.6 Å². The largest absolute Gasteiger partial charge is 0.506 e. The van der Waals surface area contributed by atoms with Gasteiger partial charge in [-0.25, -0.2) is 9.59 Å². The third kappa shape index (κ3) is 9.46. The molecule has 0 aromatic heterocycles. The molecule has 0 saturated heterocycles. The zero-order valence-corrected chi connectivity index (χ0v) is 25.9. The summed E-state index contributed by atoms with van der Waals surface area (Å²) in [5, 5.41) is 43.9. The summed E-state index contributed by atoms with van der Waals surface area (Å²) in [5.74, 6) is -0.350. The first kappa shape index (κ1) is 32.8. The fourth-order valence-electron chi connectivity index (χ4n) is 3.98. The van der Waals surface area contributed by atoms with Gasteiger partial charge in [-0.2, -0.15) is 0 Å². The molecule has 12 nitrogen and oxygen atoms in total. The van der Waals surface area contributed by atoms with Gasteiger partial charge >= 0.3 is 12.1 Å². The van der Waals surface area contributed by atoms with E-state index < -0.39 is 22.7 Å². The van der Waals surface area contributed by atoms with E-state index >= 15 is 0 Å². The maximum atomic E-state index is 12.3. The van der Waals surface area contributed by atoms with Crippen molar-refractivity contribution >= 4 is 67.8 Å². The Morgan fingerprint density at radius 2 is 1.13 bits per heavy atom. The molecular weight excluding hydrogens is 656 g/mol. The number of nitro benzene ring substituents is 1. The van der Waals surface area contributed by atoms with Gasteiger partial charge in [0.1, 0.15) is 11.5 Å². The van der Waals surface area contributed by atoms with Crippen molar-refractivity contribution in [3.05, 3.63) is 135 Å². The minimum atomic E-state index is -0.630. The maximum absolute atomic E-state index is 12.3. The molecule has 0 aliphatic carbocycles. The number of nitrogens with zero attached hydrogens (tertiary/aromatic N) is 1. The summed E-state index contributed by atoms with van der Waals surface area (Å²) in [7, 11) is 0. The smallest absolute Gasteiger partial charge is 0.323 e. The highest BCUT2D eigenvalue weighted by atomic mass is 79.9. The zero-order chi connectivity index (χ0) is 33.1. The van der Waals surface area contributed by atoms with Crippen LogP contribution in [0, 0.1) is 17.0 Å². The molecule has 13 heteroatoms. The number of phenolic OH excluding ortho intramolecular Hbond substituents is 2. The number of rotatable bonds is 7. The van der Waals surface area contributed by atoms with Crippen LogP contribution in [0.2, 0.25) is 0 Å². The molecule has 0 aliphatic rings. The summed E-state index contributed by atoms with van der Waals surface area (Å²) in [4.78, 5) is 34.2. The Morgan fingerprint density at radius 3 is 1.72 bits per heavy atom. The molecule has 4 amide bonds. The number of aromatic hydroxyl groups is 2. The van der Waals surface area contributed by atoms with E-state index in [2.05, 4.69) is 42.5 Å². The molecule has 0 aliphatic heterocycles. The number of nitrogens with one attached hydrogen (secondary N) is 5. The van der Waals surface area contributed by atoms with Crippen molar-refractivity contribution in [2.45, 2.75) is 6.92 Å². The number of hydrogen-bond acceptors (Lipinski definition) is 7. The predicted molar refractivity (Wildman–Crippen MR) is 183 cm³/mol. The predicted octanol–water partition coefficient (Wildman–Crippen LogP) is 8.80. The molecule has 0 saturated carbocycles. The van der Waals surface area contributed by atoms with Gasteiger partial charge in [-0.15, -0.1) is 0 Å². The van der Waals surface area contributed by atoms with E-state index in [1.807, 2.05) is 73.7 Å². The molecule has 46 heavy (non-hydrogen) atoms. The van der Waals surface area contributed by atoms with Crippen molar-refractivity contribution in [3.63, 3.8) is 0 Å². The highest BCUT2D eigenvalue weighted by Gasteiger charge is 2.13. The van der Waals surface area contributed by atoms with Crippen LogP contribution in [-0.2, 0) is 0 Å². The van der Waals surface area contributed by atoms with Crippen LogP contribution < -0.4 is 26.6 Å². The molecule has 0 radical (unpaired) electrons. The summed E-state index contributed by atoms with van der Waals surface area (Å²) in [6.07, 6.45) is 0. The number of non-ortho nitro benzene ring substituents is 1. The van der Waals surface area contributed by atoms with E-state index in [1.54, 1.807) is 30.3 Å². The van der Waals surface area contributed by atoms with Gasteiger partial charge in [0.15, 0.2) is 0 Å². The molecule has 0 heterocycles. The van der Waals surface area contributed by atoms with Gasteiger partial charge in [-0.05, 0) is 83.0 Å². The number of urea groups is 2. The lowest BCUT2D eigenvalue weighted by Crippen LogP contribution is -2.20. The summed E-state index contributed by atoms with van der Waals surface area (Å²) in [6.45, 7) is 1.87. The fraction of sp³-hybridized carbons (Fsp3) is 0.0303. The van der Waals surface area contributed by atoms with Crippen molar-refractivity contribution < 1.29 is 24.7 Å². The van der Waals surface area contributed by atoms with Gasteiger partial charge in [0, 0.05) is 16.2 Å². The number of para-hydroxylation sites is 4. The number of anilines is 6. The number of amides is 4. The van der Waals surface area contributed by atoms with Crippen molar-refractivity contribution in [3.8, 4) is 11.5 Å². The Kier molecular flexibility index (Phi) is 11.1. The molecular formula is C33H29BrN6O6. The monoisotopic (exact) mass is 684 g/mol. The molecule has 0 unspecified atom stereocenters. The molecule has 0 atom stereocenters. The molecule has 0 spiro atoms. The average Bonchev–Trinajstić information content (AvgIpc) is 3.02.